The van der Waals surface area contributed by atoms with Crippen LogP contribution in [0, 0.1) is 0 Å². The van der Waals surface area contributed by atoms with E-state index in [1.165, 1.54) is 0 Å². The highest BCUT2D eigenvalue weighted by atomic mass is 16.5. The number of morpholine rings is 1. The number of fused-ring (bicyclic) bond motifs is 1. The molecule has 3 fully saturated rings. The first-order valence-corrected chi connectivity index (χ1v) is 12.0. The van der Waals surface area contributed by atoms with Gasteiger partial charge in [0.25, 0.3) is 5.91 Å². The molecule has 1 saturated carbocycles. The van der Waals surface area contributed by atoms with Crippen LogP contribution in [0.15, 0.2) is 12.4 Å². The smallest absolute Gasteiger partial charge is 0.254 e. The standard InChI is InChI=1S/C23H30N8O3/c1-22(5-7-30(14-22)19(32)23(33)3-4-23)31-6-2-16-17(15-12-25-20(24)26-13-15)27-21(28-18(16)31)29-8-10-34-11-9-29/h12-13,33H,2-11,14H2,1H3,(H2,24,25,26)/t22-/m0/s1. The van der Waals surface area contributed by atoms with E-state index in [0.29, 0.717) is 45.1 Å². The maximum Gasteiger partial charge on any atom is 0.254 e. The molecule has 11 heteroatoms. The maximum absolute atomic E-state index is 12.8. The highest BCUT2D eigenvalue weighted by molar-refractivity contribution is 5.88. The molecule has 1 aliphatic carbocycles. The predicted octanol–water partition coefficient (Wildman–Crippen LogP) is 0.231. The zero-order valence-electron chi connectivity index (χ0n) is 19.4. The van der Waals surface area contributed by atoms with Crippen molar-refractivity contribution in [3.8, 4) is 11.3 Å². The van der Waals surface area contributed by atoms with Crippen LogP contribution in [0.5, 0.6) is 0 Å². The summed E-state index contributed by atoms with van der Waals surface area (Å²) in [6, 6.07) is 0. The van der Waals surface area contributed by atoms with Crippen molar-refractivity contribution in [1.29, 1.82) is 0 Å². The molecule has 4 aliphatic rings. The molecule has 6 rings (SSSR count). The quantitative estimate of drug-likeness (QED) is 0.645. The molecule has 3 N–H and O–H groups in total. The molecule has 0 bridgehead atoms. The number of nitrogens with two attached hydrogens (primary N) is 1. The highest BCUT2D eigenvalue weighted by Gasteiger charge is 2.53. The third-order valence-electron chi connectivity index (χ3n) is 7.57. The Kier molecular flexibility index (Phi) is 4.89. The minimum Gasteiger partial charge on any atom is -0.380 e. The Morgan fingerprint density at radius 3 is 2.53 bits per heavy atom. The lowest BCUT2D eigenvalue weighted by molar-refractivity contribution is -0.141. The Morgan fingerprint density at radius 2 is 1.82 bits per heavy atom. The van der Waals surface area contributed by atoms with Crippen LogP contribution in [0.1, 0.15) is 31.7 Å². The van der Waals surface area contributed by atoms with E-state index < -0.39 is 5.60 Å². The molecule has 2 aromatic heterocycles. The number of amides is 1. The average Bonchev–Trinajstić information content (AvgIpc) is 3.27. The Morgan fingerprint density at radius 1 is 1.09 bits per heavy atom. The number of aliphatic hydroxyl groups is 1. The van der Waals surface area contributed by atoms with E-state index in [9.17, 15) is 9.90 Å². The molecule has 0 aromatic carbocycles. The van der Waals surface area contributed by atoms with E-state index in [1.807, 2.05) is 4.90 Å². The first-order chi connectivity index (χ1) is 16.4. The number of ether oxygens (including phenoxy) is 1. The summed E-state index contributed by atoms with van der Waals surface area (Å²) in [6.45, 7) is 6.94. The number of aromatic nitrogens is 4. The number of rotatable bonds is 4. The van der Waals surface area contributed by atoms with Gasteiger partial charge in [0, 0.05) is 56.2 Å². The number of nitrogens with zero attached hydrogens (tertiary/aromatic N) is 7. The van der Waals surface area contributed by atoms with Crippen LogP contribution in [0.3, 0.4) is 0 Å². The number of hydrogen-bond donors (Lipinski definition) is 2. The largest absolute Gasteiger partial charge is 0.380 e. The van der Waals surface area contributed by atoms with E-state index in [0.717, 1.165) is 55.1 Å². The molecule has 5 heterocycles. The lowest BCUT2D eigenvalue weighted by Crippen LogP contribution is -2.50. The van der Waals surface area contributed by atoms with Crippen molar-refractivity contribution in [3.63, 3.8) is 0 Å². The van der Waals surface area contributed by atoms with Gasteiger partial charge in [0.2, 0.25) is 11.9 Å². The van der Waals surface area contributed by atoms with Gasteiger partial charge in [-0.05, 0) is 32.6 Å². The average molecular weight is 467 g/mol. The SMILES string of the molecule is C[C@]1(N2CCc3c(-c4cnc(N)nc4)nc(N4CCOCC4)nc32)CCN(C(=O)C2(O)CC2)C1. The second kappa shape index (κ2) is 7.74. The third-order valence-corrected chi connectivity index (χ3v) is 7.57. The van der Waals surface area contributed by atoms with E-state index in [2.05, 4.69) is 26.7 Å². The highest BCUT2D eigenvalue weighted by Crippen LogP contribution is 2.43. The van der Waals surface area contributed by atoms with Crippen LogP contribution in [-0.4, -0.2) is 92.9 Å². The van der Waals surface area contributed by atoms with Crippen LogP contribution < -0.4 is 15.5 Å². The van der Waals surface area contributed by atoms with Crippen molar-refractivity contribution < 1.29 is 14.6 Å². The summed E-state index contributed by atoms with van der Waals surface area (Å²) >= 11 is 0. The zero-order valence-corrected chi connectivity index (χ0v) is 19.4. The fraction of sp³-hybridized carbons (Fsp3) is 0.609. The van der Waals surface area contributed by atoms with Crippen molar-refractivity contribution >= 4 is 23.6 Å². The molecule has 2 saturated heterocycles. The van der Waals surface area contributed by atoms with Crippen LogP contribution in [0.4, 0.5) is 17.7 Å². The predicted molar refractivity (Wildman–Crippen MR) is 125 cm³/mol. The summed E-state index contributed by atoms with van der Waals surface area (Å²) in [5.74, 6) is 1.67. The Labute approximate surface area is 198 Å². The van der Waals surface area contributed by atoms with Crippen molar-refractivity contribution in [3.05, 3.63) is 18.0 Å². The number of carbonyl (C=O) groups excluding carboxylic acids is 1. The number of nitrogen functional groups attached to an aromatic ring is 1. The van der Waals surface area contributed by atoms with Crippen LogP contribution >= 0.6 is 0 Å². The van der Waals surface area contributed by atoms with Gasteiger partial charge >= 0.3 is 0 Å². The van der Waals surface area contributed by atoms with Gasteiger partial charge in [-0.3, -0.25) is 4.79 Å². The third kappa shape index (κ3) is 3.54. The molecule has 3 aliphatic heterocycles. The van der Waals surface area contributed by atoms with Crippen molar-refractivity contribution in [2.24, 2.45) is 0 Å². The van der Waals surface area contributed by atoms with Gasteiger partial charge in [0.15, 0.2) is 0 Å². The number of likely N-dealkylation sites (tertiary alicyclic amines) is 1. The summed E-state index contributed by atoms with van der Waals surface area (Å²) in [7, 11) is 0. The van der Waals surface area contributed by atoms with Gasteiger partial charge < -0.3 is 30.3 Å². The first kappa shape index (κ1) is 21.5. The van der Waals surface area contributed by atoms with E-state index in [4.69, 9.17) is 20.4 Å². The molecule has 0 spiro atoms. The lowest BCUT2D eigenvalue weighted by Gasteiger charge is -2.37. The van der Waals surface area contributed by atoms with Gasteiger partial charge in [-0.25, -0.2) is 15.0 Å². The van der Waals surface area contributed by atoms with E-state index in [1.54, 1.807) is 12.4 Å². The first-order valence-electron chi connectivity index (χ1n) is 12.0. The zero-order chi connectivity index (χ0) is 23.5. The second-order valence-corrected chi connectivity index (χ2v) is 10.0. The fourth-order valence-corrected chi connectivity index (χ4v) is 5.34. The summed E-state index contributed by atoms with van der Waals surface area (Å²) in [4.78, 5) is 37.5. The van der Waals surface area contributed by atoms with Crippen LogP contribution in [0.25, 0.3) is 11.3 Å². The number of anilines is 3. The van der Waals surface area contributed by atoms with E-state index in [-0.39, 0.29) is 17.4 Å². The van der Waals surface area contributed by atoms with Crippen LogP contribution in [0.2, 0.25) is 0 Å². The lowest BCUT2D eigenvalue weighted by atomic mass is 9.99. The topological polar surface area (TPSA) is 134 Å². The fourth-order valence-electron chi connectivity index (χ4n) is 5.34. The minimum absolute atomic E-state index is 0.132. The Hall–Kier alpha value is -3.05. The summed E-state index contributed by atoms with van der Waals surface area (Å²) in [5, 5.41) is 10.4. The molecule has 0 unspecified atom stereocenters. The normalized spacial score (nSPS) is 25.5. The molecule has 11 nitrogen and oxygen atoms in total. The Bertz CT molecular complexity index is 1120. The van der Waals surface area contributed by atoms with Gasteiger partial charge in [0.1, 0.15) is 11.4 Å². The molecule has 1 amide bonds. The van der Waals surface area contributed by atoms with E-state index >= 15 is 0 Å². The van der Waals surface area contributed by atoms with Gasteiger partial charge in [-0.15, -0.1) is 0 Å². The summed E-state index contributed by atoms with van der Waals surface area (Å²) in [6.07, 6.45) is 6.18. The van der Waals surface area contributed by atoms with Gasteiger partial charge in [-0.2, -0.15) is 4.98 Å². The molecule has 0 radical (unpaired) electrons. The van der Waals surface area contributed by atoms with Gasteiger partial charge in [0.05, 0.1) is 24.4 Å². The van der Waals surface area contributed by atoms with Crippen molar-refractivity contribution in [2.75, 3.05) is 61.5 Å². The second-order valence-electron chi connectivity index (χ2n) is 10.0. The molecular formula is C23H30N8O3. The molecule has 180 valence electrons. The molecular weight excluding hydrogens is 436 g/mol. The van der Waals surface area contributed by atoms with Crippen LogP contribution in [-0.2, 0) is 16.0 Å². The van der Waals surface area contributed by atoms with Gasteiger partial charge in [-0.1, -0.05) is 0 Å². The van der Waals surface area contributed by atoms with Crippen molar-refractivity contribution in [2.45, 2.75) is 43.7 Å². The summed E-state index contributed by atoms with van der Waals surface area (Å²) in [5.41, 5.74) is 7.03. The molecule has 2 aromatic rings. The number of carbonyl (C=O) groups is 1. The molecule has 34 heavy (non-hydrogen) atoms. The number of hydrogen-bond acceptors (Lipinski definition) is 10. The minimum atomic E-state index is -1.14. The maximum atomic E-state index is 12.8. The van der Waals surface area contributed by atoms with Crippen molar-refractivity contribution in [1.82, 2.24) is 24.8 Å². The monoisotopic (exact) mass is 466 g/mol. The molecule has 1 atom stereocenters. The summed E-state index contributed by atoms with van der Waals surface area (Å²) < 4.78 is 5.53. The Balaban J connectivity index is 1.37.